The fourth-order valence-electron chi connectivity index (χ4n) is 1.69. The van der Waals surface area contributed by atoms with Crippen LogP contribution in [0, 0.1) is 0 Å². The van der Waals surface area contributed by atoms with E-state index in [0.29, 0.717) is 0 Å². The topological polar surface area (TPSA) is 53.7 Å². The highest BCUT2D eigenvalue weighted by Crippen LogP contribution is 2.32. The van der Waals surface area contributed by atoms with Crippen molar-refractivity contribution in [3.05, 3.63) is 23.8 Å². The first kappa shape index (κ1) is 12.8. The van der Waals surface area contributed by atoms with E-state index in [1.165, 1.54) is 0 Å². The number of hydrogen-bond acceptors (Lipinski definition) is 4. The predicted molar refractivity (Wildman–Crippen MR) is 62.9 cm³/mol. The Hall–Kier alpha value is -1.26. The summed E-state index contributed by atoms with van der Waals surface area (Å²) in [5.41, 5.74) is 6.78. The van der Waals surface area contributed by atoms with Gasteiger partial charge in [0.1, 0.15) is 17.6 Å². The van der Waals surface area contributed by atoms with Crippen LogP contribution >= 0.6 is 0 Å². The second kappa shape index (κ2) is 5.72. The third-order valence-electron chi connectivity index (χ3n) is 2.47. The van der Waals surface area contributed by atoms with Crippen LogP contribution in [0.2, 0.25) is 0 Å². The highest BCUT2D eigenvalue weighted by Gasteiger charge is 2.20. The lowest BCUT2D eigenvalue weighted by atomic mass is 10.0. The molecule has 0 aliphatic heterocycles. The quantitative estimate of drug-likeness (QED) is 0.829. The van der Waals surface area contributed by atoms with Gasteiger partial charge in [-0.3, -0.25) is 0 Å². The first-order valence-corrected chi connectivity index (χ1v) is 5.14. The summed E-state index contributed by atoms with van der Waals surface area (Å²) >= 11 is 0. The van der Waals surface area contributed by atoms with Crippen LogP contribution in [-0.4, -0.2) is 27.4 Å². The normalized spacial score (nSPS) is 14.3. The van der Waals surface area contributed by atoms with Crippen LogP contribution in [0.1, 0.15) is 18.6 Å². The third-order valence-corrected chi connectivity index (χ3v) is 2.47. The minimum Gasteiger partial charge on any atom is -0.497 e. The van der Waals surface area contributed by atoms with E-state index >= 15 is 0 Å². The van der Waals surface area contributed by atoms with E-state index < -0.39 is 0 Å². The van der Waals surface area contributed by atoms with Gasteiger partial charge in [0.05, 0.1) is 14.2 Å². The second-order valence-electron chi connectivity index (χ2n) is 3.62. The minimum absolute atomic E-state index is 0.119. The van der Waals surface area contributed by atoms with Gasteiger partial charge in [0.15, 0.2) is 0 Å². The lowest BCUT2D eigenvalue weighted by Gasteiger charge is -2.22. The van der Waals surface area contributed by atoms with Crippen molar-refractivity contribution in [2.24, 2.45) is 5.73 Å². The van der Waals surface area contributed by atoms with Crippen molar-refractivity contribution in [1.82, 2.24) is 0 Å². The van der Waals surface area contributed by atoms with Crippen LogP contribution in [0.4, 0.5) is 0 Å². The molecule has 0 saturated heterocycles. The van der Waals surface area contributed by atoms with Crippen molar-refractivity contribution in [2.45, 2.75) is 19.1 Å². The van der Waals surface area contributed by atoms with Crippen molar-refractivity contribution in [1.29, 1.82) is 0 Å². The predicted octanol–water partition coefficient (Wildman–Crippen LogP) is 1.74. The van der Waals surface area contributed by atoms with Gasteiger partial charge in [-0.15, -0.1) is 0 Å². The molecule has 0 amide bonds. The van der Waals surface area contributed by atoms with E-state index in [0.717, 1.165) is 17.1 Å². The molecule has 0 heterocycles. The van der Waals surface area contributed by atoms with Gasteiger partial charge in [-0.25, -0.2) is 0 Å². The molecule has 0 radical (unpaired) electrons. The smallest absolute Gasteiger partial charge is 0.124 e. The van der Waals surface area contributed by atoms with Crippen molar-refractivity contribution in [3.63, 3.8) is 0 Å². The molecule has 0 fully saturated rings. The molecule has 1 aromatic carbocycles. The monoisotopic (exact) mass is 225 g/mol. The van der Waals surface area contributed by atoms with Crippen LogP contribution in [0.3, 0.4) is 0 Å². The molecule has 0 aromatic heterocycles. The molecule has 4 heteroatoms. The van der Waals surface area contributed by atoms with Gasteiger partial charge < -0.3 is 19.9 Å². The number of hydrogen-bond donors (Lipinski definition) is 1. The largest absolute Gasteiger partial charge is 0.497 e. The Morgan fingerprint density at radius 3 is 2.25 bits per heavy atom. The van der Waals surface area contributed by atoms with Crippen LogP contribution in [0.25, 0.3) is 0 Å². The maximum absolute atomic E-state index is 5.87. The Morgan fingerprint density at radius 2 is 1.81 bits per heavy atom. The summed E-state index contributed by atoms with van der Waals surface area (Å²) in [6.07, 6.45) is -0.204. The molecule has 0 aliphatic rings. The van der Waals surface area contributed by atoms with Gasteiger partial charge in [-0.1, -0.05) is 0 Å². The maximum atomic E-state index is 5.87. The highest BCUT2D eigenvalue weighted by atomic mass is 16.5. The van der Waals surface area contributed by atoms with Gasteiger partial charge in [-0.05, 0) is 25.1 Å². The van der Waals surface area contributed by atoms with Crippen LogP contribution in [0.5, 0.6) is 11.5 Å². The molecule has 0 bridgehead atoms. The standard InChI is InChI=1S/C12H19NO3/c1-8(13)12(16-4)10-7-9(14-2)5-6-11(10)15-3/h5-8,12H,13H2,1-4H3. The second-order valence-corrected chi connectivity index (χ2v) is 3.62. The van der Waals surface area contributed by atoms with Gasteiger partial charge in [0, 0.05) is 18.7 Å². The van der Waals surface area contributed by atoms with E-state index in [4.69, 9.17) is 19.9 Å². The average molecular weight is 225 g/mol. The zero-order valence-electron chi connectivity index (χ0n) is 10.2. The molecule has 0 aliphatic carbocycles. The van der Waals surface area contributed by atoms with Crippen LogP contribution in [0.15, 0.2) is 18.2 Å². The van der Waals surface area contributed by atoms with E-state index in [1.54, 1.807) is 21.3 Å². The van der Waals surface area contributed by atoms with Gasteiger partial charge in [0.2, 0.25) is 0 Å². The van der Waals surface area contributed by atoms with Crippen molar-refractivity contribution >= 4 is 0 Å². The van der Waals surface area contributed by atoms with Crippen molar-refractivity contribution in [2.75, 3.05) is 21.3 Å². The van der Waals surface area contributed by atoms with Crippen LogP contribution < -0.4 is 15.2 Å². The van der Waals surface area contributed by atoms with Gasteiger partial charge in [-0.2, -0.15) is 0 Å². The first-order valence-electron chi connectivity index (χ1n) is 5.14. The summed E-state index contributed by atoms with van der Waals surface area (Å²) in [6.45, 7) is 1.90. The molecular formula is C12H19NO3. The third kappa shape index (κ3) is 2.65. The molecule has 16 heavy (non-hydrogen) atoms. The van der Waals surface area contributed by atoms with E-state index in [1.807, 2.05) is 25.1 Å². The Labute approximate surface area is 96.3 Å². The zero-order valence-corrected chi connectivity index (χ0v) is 10.2. The van der Waals surface area contributed by atoms with Gasteiger partial charge in [0.25, 0.3) is 0 Å². The molecule has 0 spiro atoms. The molecule has 0 saturated carbocycles. The Kier molecular flexibility index (Phi) is 4.58. The first-order chi connectivity index (χ1) is 7.63. The highest BCUT2D eigenvalue weighted by molar-refractivity contribution is 5.42. The molecule has 1 aromatic rings. The fraction of sp³-hybridized carbons (Fsp3) is 0.500. The van der Waals surface area contributed by atoms with Crippen molar-refractivity contribution in [3.8, 4) is 11.5 Å². The number of rotatable bonds is 5. The Balaban J connectivity index is 3.15. The lowest BCUT2D eigenvalue weighted by Crippen LogP contribution is -2.26. The fourth-order valence-corrected chi connectivity index (χ4v) is 1.69. The summed E-state index contributed by atoms with van der Waals surface area (Å²) < 4.78 is 15.8. The summed E-state index contributed by atoms with van der Waals surface area (Å²) in [5.74, 6) is 1.52. The minimum atomic E-state index is -0.204. The SMILES string of the molecule is COc1ccc(OC)c(C(OC)C(C)N)c1. The van der Waals surface area contributed by atoms with Crippen LogP contribution in [-0.2, 0) is 4.74 Å². The maximum Gasteiger partial charge on any atom is 0.124 e. The lowest BCUT2D eigenvalue weighted by molar-refractivity contribution is 0.0829. The number of nitrogens with two attached hydrogens (primary N) is 1. The molecule has 4 nitrogen and oxygen atoms in total. The summed E-state index contributed by atoms with van der Waals surface area (Å²) in [4.78, 5) is 0. The molecular weight excluding hydrogens is 206 g/mol. The average Bonchev–Trinajstić information content (AvgIpc) is 2.29. The van der Waals surface area contributed by atoms with Crippen molar-refractivity contribution < 1.29 is 14.2 Å². The number of ether oxygens (including phenoxy) is 3. The Bertz CT molecular complexity index is 339. The number of benzene rings is 1. The molecule has 2 N–H and O–H groups in total. The molecule has 2 atom stereocenters. The molecule has 2 unspecified atom stereocenters. The van der Waals surface area contributed by atoms with Gasteiger partial charge >= 0.3 is 0 Å². The van der Waals surface area contributed by atoms with E-state index in [9.17, 15) is 0 Å². The molecule has 90 valence electrons. The zero-order chi connectivity index (χ0) is 12.1. The van der Waals surface area contributed by atoms with E-state index in [2.05, 4.69) is 0 Å². The van der Waals surface area contributed by atoms with E-state index in [-0.39, 0.29) is 12.1 Å². The summed E-state index contributed by atoms with van der Waals surface area (Å²) in [7, 11) is 4.88. The molecule has 1 rings (SSSR count). The summed E-state index contributed by atoms with van der Waals surface area (Å²) in [5, 5.41) is 0. The number of methoxy groups -OCH3 is 3. The summed E-state index contributed by atoms with van der Waals surface area (Å²) in [6, 6.07) is 5.46. The Morgan fingerprint density at radius 1 is 1.12 bits per heavy atom.